The van der Waals surface area contributed by atoms with Crippen LogP contribution >= 0.6 is 0 Å². The summed E-state index contributed by atoms with van der Waals surface area (Å²) in [6.45, 7) is 5.54. The first-order valence-corrected chi connectivity index (χ1v) is 5.05. The Morgan fingerprint density at radius 2 is 2.21 bits per heavy atom. The number of nitrogens with one attached hydrogen (secondary N) is 2. The van der Waals surface area contributed by atoms with Crippen LogP contribution < -0.4 is 10.9 Å². The lowest BCUT2D eigenvalue weighted by Crippen LogP contribution is -2.55. The molecule has 5 nitrogen and oxygen atoms in total. The summed E-state index contributed by atoms with van der Waals surface area (Å²) in [5.74, 6) is 0.223. The van der Waals surface area contributed by atoms with Crippen molar-refractivity contribution in [3.8, 4) is 0 Å². The molecule has 1 aliphatic rings. The fourth-order valence-corrected chi connectivity index (χ4v) is 1.69. The minimum absolute atomic E-state index is 0.0207. The molecule has 2 N–H and O–H groups in total. The first-order valence-electron chi connectivity index (χ1n) is 5.05. The molecule has 5 heteroatoms. The van der Waals surface area contributed by atoms with Crippen molar-refractivity contribution in [3.63, 3.8) is 0 Å². The molecule has 1 heterocycles. The molecule has 0 radical (unpaired) electrons. The van der Waals surface area contributed by atoms with Crippen LogP contribution in [0.2, 0.25) is 0 Å². The molecule has 0 aliphatic carbocycles. The van der Waals surface area contributed by atoms with Gasteiger partial charge in [-0.2, -0.15) is 0 Å². The lowest BCUT2D eigenvalue weighted by Gasteiger charge is -2.37. The van der Waals surface area contributed by atoms with Crippen molar-refractivity contribution in [1.29, 1.82) is 0 Å². The quantitative estimate of drug-likeness (QED) is 0.445. The number of hydrogen-bond donors (Lipinski definition) is 2. The van der Waals surface area contributed by atoms with E-state index in [2.05, 4.69) is 15.8 Å². The van der Waals surface area contributed by atoms with Gasteiger partial charge in [0.25, 0.3) is 0 Å². The molecule has 1 atom stereocenters. The van der Waals surface area contributed by atoms with E-state index in [9.17, 15) is 4.79 Å². The zero-order valence-electron chi connectivity index (χ0n) is 9.21. The number of hydrazine groups is 1. The van der Waals surface area contributed by atoms with Gasteiger partial charge in [0, 0.05) is 33.2 Å². The summed E-state index contributed by atoms with van der Waals surface area (Å²) < 4.78 is 0. The Labute approximate surface area is 85.4 Å². The van der Waals surface area contributed by atoms with Crippen molar-refractivity contribution in [2.24, 2.45) is 0 Å². The van der Waals surface area contributed by atoms with E-state index in [0.717, 1.165) is 26.2 Å². The second-order valence-electron chi connectivity index (χ2n) is 3.65. The Kier molecular flexibility index (Phi) is 4.31. The average Bonchev–Trinajstić information content (AvgIpc) is 2.18. The van der Waals surface area contributed by atoms with E-state index in [-0.39, 0.29) is 11.9 Å². The Morgan fingerprint density at radius 3 is 2.86 bits per heavy atom. The molecular weight excluding hydrogens is 180 g/mol. The third-order valence-corrected chi connectivity index (χ3v) is 2.70. The SMILES string of the molecule is CNNCCN1CCN(C)C(=O)C1C. The fraction of sp³-hybridized carbons (Fsp3) is 0.889. The van der Waals surface area contributed by atoms with Crippen molar-refractivity contribution >= 4 is 5.91 Å². The standard InChI is InChI=1S/C9H20N4O/c1-8-9(14)12(3)6-7-13(8)5-4-11-10-2/h8,10-11H,4-7H2,1-3H3. The van der Waals surface area contributed by atoms with Crippen LogP contribution in [0, 0.1) is 0 Å². The predicted molar refractivity (Wildman–Crippen MR) is 55.7 cm³/mol. The Morgan fingerprint density at radius 1 is 1.50 bits per heavy atom. The van der Waals surface area contributed by atoms with Crippen LogP contribution in [0.1, 0.15) is 6.92 Å². The van der Waals surface area contributed by atoms with Crippen LogP contribution in [-0.4, -0.2) is 62.0 Å². The van der Waals surface area contributed by atoms with E-state index >= 15 is 0 Å². The molecule has 1 unspecified atom stereocenters. The minimum atomic E-state index is 0.0207. The minimum Gasteiger partial charge on any atom is -0.343 e. The highest BCUT2D eigenvalue weighted by atomic mass is 16.2. The molecule has 82 valence electrons. The second kappa shape index (κ2) is 5.29. The van der Waals surface area contributed by atoms with Crippen molar-refractivity contribution in [1.82, 2.24) is 20.7 Å². The number of nitrogens with zero attached hydrogens (tertiary/aromatic N) is 2. The van der Waals surface area contributed by atoms with E-state index in [4.69, 9.17) is 0 Å². The second-order valence-corrected chi connectivity index (χ2v) is 3.65. The van der Waals surface area contributed by atoms with Gasteiger partial charge in [0.2, 0.25) is 5.91 Å². The Hall–Kier alpha value is -0.650. The summed E-state index contributed by atoms with van der Waals surface area (Å²) in [4.78, 5) is 15.6. The Balaban J connectivity index is 2.35. The zero-order chi connectivity index (χ0) is 10.6. The van der Waals surface area contributed by atoms with Gasteiger partial charge in [-0.05, 0) is 14.0 Å². The van der Waals surface area contributed by atoms with Crippen LogP contribution in [0.5, 0.6) is 0 Å². The molecule has 0 spiro atoms. The summed E-state index contributed by atoms with van der Waals surface area (Å²) in [5.41, 5.74) is 5.90. The van der Waals surface area contributed by atoms with Crippen molar-refractivity contribution in [2.75, 3.05) is 40.3 Å². The molecular formula is C9H20N4O. The molecule has 1 saturated heterocycles. The van der Waals surface area contributed by atoms with Gasteiger partial charge in [-0.25, -0.2) is 0 Å². The molecule has 0 aromatic carbocycles. The fourth-order valence-electron chi connectivity index (χ4n) is 1.69. The van der Waals surface area contributed by atoms with Crippen LogP contribution in [0.3, 0.4) is 0 Å². The smallest absolute Gasteiger partial charge is 0.239 e. The summed E-state index contributed by atoms with van der Waals surface area (Å²) in [7, 11) is 3.71. The van der Waals surface area contributed by atoms with E-state index in [1.807, 2.05) is 21.0 Å². The molecule has 14 heavy (non-hydrogen) atoms. The van der Waals surface area contributed by atoms with Gasteiger partial charge in [-0.1, -0.05) is 0 Å². The maximum atomic E-state index is 11.6. The maximum absolute atomic E-state index is 11.6. The number of rotatable bonds is 4. The molecule has 0 bridgehead atoms. The average molecular weight is 200 g/mol. The van der Waals surface area contributed by atoms with Crippen LogP contribution in [-0.2, 0) is 4.79 Å². The van der Waals surface area contributed by atoms with Crippen LogP contribution in [0.4, 0.5) is 0 Å². The van der Waals surface area contributed by atoms with Crippen molar-refractivity contribution < 1.29 is 4.79 Å². The van der Waals surface area contributed by atoms with Gasteiger partial charge in [-0.15, -0.1) is 0 Å². The molecule has 0 saturated carbocycles. The number of amides is 1. The van der Waals surface area contributed by atoms with Gasteiger partial charge >= 0.3 is 0 Å². The largest absolute Gasteiger partial charge is 0.343 e. The zero-order valence-corrected chi connectivity index (χ0v) is 9.21. The highest BCUT2D eigenvalue weighted by Gasteiger charge is 2.28. The van der Waals surface area contributed by atoms with E-state index in [0.29, 0.717) is 0 Å². The normalized spacial score (nSPS) is 24.4. The lowest BCUT2D eigenvalue weighted by molar-refractivity contribution is -0.139. The monoisotopic (exact) mass is 200 g/mol. The molecule has 0 aromatic heterocycles. The topological polar surface area (TPSA) is 47.6 Å². The molecule has 1 rings (SSSR count). The first kappa shape index (κ1) is 11.4. The third-order valence-electron chi connectivity index (χ3n) is 2.70. The van der Waals surface area contributed by atoms with Crippen molar-refractivity contribution in [3.05, 3.63) is 0 Å². The third kappa shape index (κ3) is 2.67. The number of piperazine rings is 1. The Bertz CT molecular complexity index is 197. The van der Waals surface area contributed by atoms with Gasteiger partial charge in [-0.3, -0.25) is 20.5 Å². The van der Waals surface area contributed by atoms with Crippen molar-refractivity contribution in [2.45, 2.75) is 13.0 Å². The number of carbonyl (C=O) groups excluding carboxylic acids is 1. The van der Waals surface area contributed by atoms with Gasteiger partial charge in [0.15, 0.2) is 0 Å². The highest BCUT2D eigenvalue weighted by Crippen LogP contribution is 2.08. The summed E-state index contributed by atoms with van der Waals surface area (Å²) >= 11 is 0. The summed E-state index contributed by atoms with van der Waals surface area (Å²) in [5, 5.41) is 0. The van der Waals surface area contributed by atoms with Crippen LogP contribution in [0.25, 0.3) is 0 Å². The van der Waals surface area contributed by atoms with Gasteiger partial charge in [0.1, 0.15) is 0 Å². The molecule has 1 aliphatic heterocycles. The van der Waals surface area contributed by atoms with E-state index in [1.54, 1.807) is 4.90 Å². The van der Waals surface area contributed by atoms with Gasteiger partial charge < -0.3 is 4.90 Å². The molecule has 0 aromatic rings. The lowest BCUT2D eigenvalue weighted by atomic mass is 10.2. The number of hydrogen-bond acceptors (Lipinski definition) is 4. The molecule has 1 amide bonds. The van der Waals surface area contributed by atoms with E-state index < -0.39 is 0 Å². The number of carbonyl (C=O) groups is 1. The highest BCUT2D eigenvalue weighted by molar-refractivity contribution is 5.81. The maximum Gasteiger partial charge on any atom is 0.239 e. The van der Waals surface area contributed by atoms with Gasteiger partial charge in [0.05, 0.1) is 6.04 Å². The predicted octanol–water partition coefficient (Wildman–Crippen LogP) is -1.13. The van der Waals surface area contributed by atoms with Crippen LogP contribution in [0.15, 0.2) is 0 Å². The summed E-state index contributed by atoms with van der Waals surface area (Å²) in [6.07, 6.45) is 0. The molecule has 1 fully saturated rings. The van der Waals surface area contributed by atoms with E-state index in [1.165, 1.54) is 0 Å². The summed E-state index contributed by atoms with van der Waals surface area (Å²) in [6, 6.07) is 0.0207. The first-order chi connectivity index (χ1) is 6.66. The number of likely N-dealkylation sites (N-methyl/N-ethyl adjacent to an activating group) is 1.